The van der Waals surface area contributed by atoms with E-state index in [1.54, 1.807) is 12.1 Å². The summed E-state index contributed by atoms with van der Waals surface area (Å²) in [4.78, 5) is 11.3. The first-order valence-corrected chi connectivity index (χ1v) is 5.44. The second-order valence-corrected chi connectivity index (χ2v) is 4.06. The van der Waals surface area contributed by atoms with Crippen molar-refractivity contribution in [3.05, 3.63) is 40.6 Å². The van der Waals surface area contributed by atoms with Crippen LogP contribution in [-0.4, -0.2) is 12.6 Å². The minimum absolute atomic E-state index is 0.223. The highest BCUT2D eigenvalue weighted by molar-refractivity contribution is 6.30. The number of allylic oxidation sites excluding steroid dienone is 1. The van der Waals surface area contributed by atoms with Crippen LogP contribution in [0.2, 0.25) is 5.02 Å². The van der Waals surface area contributed by atoms with Gasteiger partial charge in [-0.2, -0.15) is 0 Å². The zero-order valence-electron chi connectivity index (χ0n) is 8.92. The second-order valence-electron chi connectivity index (χ2n) is 3.62. The Bertz CT molecular complexity index is 437. The summed E-state index contributed by atoms with van der Waals surface area (Å²) in [5.74, 6) is -0.223. The van der Waals surface area contributed by atoms with E-state index in [0.717, 1.165) is 17.0 Å². The van der Waals surface area contributed by atoms with E-state index in [4.69, 9.17) is 16.3 Å². The zero-order chi connectivity index (χ0) is 11.5. The summed E-state index contributed by atoms with van der Waals surface area (Å²) in [5.41, 5.74) is 2.47. The van der Waals surface area contributed by atoms with Crippen LogP contribution < -0.4 is 5.32 Å². The third kappa shape index (κ3) is 2.36. The number of cyclic esters (lactones) is 1. The third-order valence-corrected chi connectivity index (χ3v) is 2.71. The highest BCUT2D eigenvalue weighted by atomic mass is 35.5. The Morgan fingerprint density at radius 3 is 2.62 bits per heavy atom. The molecule has 1 heterocycles. The van der Waals surface area contributed by atoms with E-state index in [2.05, 4.69) is 5.32 Å². The summed E-state index contributed by atoms with van der Waals surface area (Å²) in [5, 5.41) is 3.85. The van der Waals surface area contributed by atoms with E-state index in [1.807, 2.05) is 19.1 Å². The maximum absolute atomic E-state index is 11.3. The van der Waals surface area contributed by atoms with Crippen LogP contribution in [0, 0.1) is 0 Å². The molecule has 0 amide bonds. The summed E-state index contributed by atoms with van der Waals surface area (Å²) in [6.07, 6.45) is 0.672. The summed E-state index contributed by atoms with van der Waals surface area (Å²) in [6, 6.07) is 7.34. The lowest BCUT2D eigenvalue weighted by Gasteiger charge is -2.08. The molecule has 1 saturated heterocycles. The lowest BCUT2D eigenvalue weighted by atomic mass is 10.2. The van der Waals surface area contributed by atoms with Crippen molar-refractivity contribution in [2.75, 3.05) is 11.9 Å². The number of rotatable bonds is 2. The number of carbonyl (C=O) groups is 1. The number of hydrogen-bond donors (Lipinski definition) is 1. The monoisotopic (exact) mass is 237 g/mol. The minimum atomic E-state index is -0.223. The van der Waals surface area contributed by atoms with E-state index in [-0.39, 0.29) is 5.97 Å². The summed E-state index contributed by atoms with van der Waals surface area (Å²) in [6.45, 7) is 2.35. The number of hydrogen-bond acceptors (Lipinski definition) is 3. The molecule has 0 atom stereocenters. The molecule has 2 rings (SSSR count). The number of ether oxygens (including phenoxy) is 1. The van der Waals surface area contributed by atoms with Crippen molar-refractivity contribution >= 4 is 23.3 Å². The van der Waals surface area contributed by atoms with Crippen molar-refractivity contribution in [3.8, 4) is 0 Å². The molecule has 0 aliphatic carbocycles. The zero-order valence-corrected chi connectivity index (χ0v) is 9.67. The molecule has 0 bridgehead atoms. The average molecular weight is 238 g/mol. The Hall–Kier alpha value is -1.48. The van der Waals surface area contributed by atoms with Gasteiger partial charge in [-0.1, -0.05) is 11.6 Å². The van der Waals surface area contributed by atoms with Crippen molar-refractivity contribution < 1.29 is 9.53 Å². The molecule has 1 aliphatic heterocycles. The van der Waals surface area contributed by atoms with E-state index in [1.165, 1.54) is 0 Å². The molecule has 0 aromatic heterocycles. The molecule has 16 heavy (non-hydrogen) atoms. The van der Waals surface area contributed by atoms with Crippen LogP contribution in [0.1, 0.15) is 13.3 Å². The van der Waals surface area contributed by atoms with Gasteiger partial charge in [-0.3, -0.25) is 0 Å². The first kappa shape index (κ1) is 11.0. The number of benzene rings is 1. The lowest BCUT2D eigenvalue weighted by molar-refractivity contribution is -0.135. The van der Waals surface area contributed by atoms with Crippen LogP contribution in [0.25, 0.3) is 0 Å². The lowest BCUT2D eigenvalue weighted by Crippen LogP contribution is -2.04. The first-order valence-electron chi connectivity index (χ1n) is 5.06. The predicted molar refractivity (Wildman–Crippen MR) is 63.4 cm³/mol. The van der Waals surface area contributed by atoms with Crippen LogP contribution in [0.4, 0.5) is 5.69 Å². The Labute approximate surface area is 99.1 Å². The van der Waals surface area contributed by atoms with Gasteiger partial charge in [0.05, 0.1) is 12.2 Å². The third-order valence-electron chi connectivity index (χ3n) is 2.46. The van der Waals surface area contributed by atoms with E-state index in [9.17, 15) is 4.79 Å². The SMILES string of the molecule is C/C(Nc1ccc(Cl)cc1)=C1\CCOC1=O. The van der Waals surface area contributed by atoms with Gasteiger partial charge in [-0.25, -0.2) is 4.79 Å². The van der Waals surface area contributed by atoms with Gasteiger partial charge in [0.2, 0.25) is 0 Å². The van der Waals surface area contributed by atoms with Crippen molar-refractivity contribution in [2.45, 2.75) is 13.3 Å². The molecule has 0 saturated carbocycles. The average Bonchev–Trinajstić information content (AvgIpc) is 2.68. The minimum Gasteiger partial charge on any atom is -0.462 e. The van der Waals surface area contributed by atoms with Crippen molar-refractivity contribution in [1.29, 1.82) is 0 Å². The molecule has 1 aromatic carbocycles. The van der Waals surface area contributed by atoms with Crippen molar-refractivity contribution in [2.24, 2.45) is 0 Å². The number of nitrogens with one attached hydrogen (secondary N) is 1. The Morgan fingerprint density at radius 2 is 2.06 bits per heavy atom. The normalized spacial score (nSPS) is 18.2. The van der Waals surface area contributed by atoms with Crippen LogP contribution in [0.15, 0.2) is 35.5 Å². The molecule has 0 spiro atoms. The standard InChI is InChI=1S/C12H12ClNO2/c1-8(11-6-7-16-12(11)15)14-10-4-2-9(13)3-5-10/h2-5,14H,6-7H2,1H3/b11-8-. The molecule has 4 heteroatoms. The fourth-order valence-electron chi connectivity index (χ4n) is 1.60. The van der Waals surface area contributed by atoms with Crippen LogP contribution in [-0.2, 0) is 9.53 Å². The van der Waals surface area contributed by atoms with Gasteiger partial charge in [-0.05, 0) is 31.2 Å². The largest absolute Gasteiger partial charge is 0.462 e. The molecule has 1 fully saturated rings. The molecule has 84 valence electrons. The molecule has 1 N–H and O–H groups in total. The molecule has 3 nitrogen and oxygen atoms in total. The Kier molecular flexibility index (Phi) is 3.15. The summed E-state index contributed by atoms with van der Waals surface area (Å²) in [7, 11) is 0. The number of anilines is 1. The number of esters is 1. The topological polar surface area (TPSA) is 38.3 Å². The first-order chi connectivity index (χ1) is 7.66. The molecule has 1 aliphatic rings. The second kappa shape index (κ2) is 4.58. The van der Waals surface area contributed by atoms with E-state index >= 15 is 0 Å². The van der Waals surface area contributed by atoms with Gasteiger partial charge >= 0.3 is 5.97 Å². The van der Waals surface area contributed by atoms with E-state index < -0.39 is 0 Å². The molecule has 0 radical (unpaired) electrons. The highest BCUT2D eigenvalue weighted by Crippen LogP contribution is 2.20. The van der Waals surface area contributed by atoms with Crippen LogP contribution >= 0.6 is 11.6 Å². The van der Waals surface area contributed by atoms with E-state index in [0.29, 0.717) is 18.1 Å². The molecular formula is C12H12ClNO2. The van der Waals surface area contributed by atoms with Gasteiger partial charge in [0.25, 0.3) is 0 Å². The highest BCUT2D eigenvalue weighted by Gasteiger charge is 2.21. The molecular weight excluding hydrogens is 226 g/mol. The van der Waals surface area contributed by atoms with Gasteiger partial charge in [0.1, 0.15) is 0 Å². The quantitative estimate of drug-likeness (QED) is 0.635. The fourth-order valence-corrected chi connectivity index (χ4v) is 1.73. The summed E-state index contributed by atoms with van der Waals surface area (Å²) < 4.78 is 4.89. The van der Waals surface area contributed by atoms with Gasteiger partial charge in [0, 0.05) is 22.8 Å². The maximum atomic E-state index is 11.3. The summed E-state index contributed by atoms with van der Waals surface area (Å²) >= 11 is 5.78. The van der Waals surface area contributed by atoms with Gasteiger partial charge < -0.3 is 10.1 Å². The van der Waals surface area contributed by atoms with Gasteiger partial charge in [-0.15, -0.1) is 0 Å². The van der Waals surface area contributed by atoms with Crippen LogP contribution in [0.5, 0.6) is 0 Å². The predicted octanol–water partition coefficient (Wildman–Crippen LogP) is 2.97. The smallest absolute Gasteiger partial charge is 0.335 e. The van der Waals surface area contributed by atoms with Crippen molar-refractivity contribution in [3.63, 3.8) is 0 Å². The molecule has 1 aromatic rings. The van der Waals surface area contributed by atoms with Crippen molar-refractivity contribution in [1.82, 2.24) is 0 Å². The Morgan fingerprint density at radius 1 is 1.38 bits per heavy atom. The Balaban J connectivity index is 2.15. The fraction of sp³-hybridized carbons (Fsp3) is 0.250. The maximum Gasteiger partial charge on any atom is 0.335 e. The molecule has 0 unspecified atom stereocenters. The number of halogens is 1. The number of carbonyl (C=O) groups excluding carboxylic acids is 1. The van der Waals surface area contributed by atoms with Crippen LogP contribution in [0.3, 0.4) is 0 Å². The van der Waals surface area contributed by atoms with Gasteiger partial charge in [0.15, 0.2) is 0 Å².